The fourth-order valence-electron chi connectivity index (χ4n) is 2.37. The Labute approximate surface area is 156 Å². The maximum Gasteiger partial charge on any atom is 0.317 e. The first-order valence-corrected chi connectivity index (χ1v) is 9.27. The van der Waals surface area contributed by atoms with Crippen LogP contribution in [-0.4, -0.2) is 35.8 Å². The number of anilines is 1. The number of nitrogens with two attached hydrogens (primary N) is 1. The van der Waals surface area contributed by atoms with Crippen molar-refractivity contribution in [1.29, 1.82) is 0 Å². The molecule has 0 saturated heterocycles. The first-order chi connectivity index (χ1) is 12.0. The number of nitrogens with zero attached hydrogens (tertiary/aromatic N) is 4. The minimum Gasteiger partial charge on any atom is -0.480 e. The average molecular weight is 422 g/mol. The molecule has 0 amide bonds. The lowest BCUT2D eigenvalue weighted by atomic mass is 10.2. The summed E-state index contributed by atoms with van der Waals surface area (Å²) in [7, 11) is 0. The van der Waals surface area contributed by atoms with E-state index in [9.17, 15) is 9.90 Å². The molecule has 0 fully saturated rings. The van der Waals surface area contributed by atoms with Gasteiger partial charge in [-0.3, -0.25) is 9.36 Å². The number of carboxylic acid groups (broad SMARTS) is 1. The molecule has 0 saturated carbocycles. The molecule has 130 valence electrons. The van der Waals surface area contributed by atoms with Gasteiger partial charge in [-0.15, -0.1) is 0 Å². The highest BCUT2D eigenvalue weighted by Gasteiger charge is 2.22. The average Bonchev–Trinajstić information content (AvgIpc) is 2.93. The number of halogens is 1. The number of imidazole rings is 1. The standard InChI is InChI=1S/C16H16BrN5O2S/c1-2-11(15(23)24)25-16-21-12-13(18)19-8-20-14(12)22(16)7-9-3-5-10(17)6-4-9/h3-6,8,11H,2,7H2,1H3,(H,23,24)(H2,18,19,20). The molecule has 0 spiro atoms. The van der Waals surface area contributed by atoms with E-state index >= 15 is 0 Å². The smallest absolute Gasteiger partial charge is 0.317 e. The Morgan fingerprint density at radius 3 is 2.72 bits per heavy atom. The summed E-state index contributed by atoms with van der Waals surface area (Å²) >= 11 is 4.62. The van der Waals surface area contributed by atoms with Crippen molar-refractivity contribution < 1.29 is 9.90 Å². The van der Waals surface area contributed by atoms with E-state index in [0.29, 0.717) is 29.3 Å². The number of aromatic nitrogens is 4. The SMILES string of the molecule is CCC(Sc1nc2c(N)ncnc2n1Cc1ccc(Br)cc1)C(=O)O. The summed E-state index contributed by atoms with van der Waals surface area (Å²) in [5, 5.41) is 9.34. The molecule has 2 heterocycles. The van der Waals surface area contributed by atoms with Gasteiger partial charge in [0.1, 0.15) is 11.6 Å². The van der Waals surface area contributed by atoms with Crippen molar-refractivity contribution in [3.8, 4) is 0 Å². The van der Waals surface area contributed by atoms with Crippen molar-refractivity contribution in [2.75, 3.05) is 5.73 Å². The molecule has 3 aromatic rings. The highest BCUT2D eigenvalue weighted by Crippen LogP contribution is 2.30. The molecule has 1 unspecified atom stereocenters. The van der Waals surface area contributed by atoms with Gasteiger partial charge < -0.3 is 10.8 Å². The Kier molecular flexibility index (Phi) is 5.24. The van der Waals surface area contributed by atoms with E-state index in [1.807, 2.05) is 35.8 Å². The summed E-state index contributed by atoms with van der Waals surface area (Å²) in [4.78, 5) is 24.2. The third-order valence-corrected chi connectivity index (χ3v) is 5.54. The zero-order valence-corrected chi connectivity index (χ0v) is 15.8. The van der Waals surface area contributed by atoms with Crippen LogP contribution in [0, 0.1) is 0 Å². The molecule has 0 bridgehead atoms. The summed E-state index contributed by atoms with van der Waals surface area (Å²) < 4.78 is 2.87. The lowest BCUT2D eigenvalue weighted by Crippen LogP contribution is -2.16. The number of rotatable bonds is 6. The van der Waals surface area contributed by atoms with E-state index in [4.69, 9.17) is 5.73 Å². The number of carbonyl (C=O) groups is 1. The first-order valence-electron chi connectivity index (χ1n) is 7.60. The van der Waals surface area contributed by atoms with Gasteiger partial charge in [0, 0.05) is 4.47 Å². The Balaban J connectivity index is 2.06. The third-order valence-electron chi connectivity index (χ3n) is 3.67. The van der Waals surface area contributed by atoms with Crippen molar-refractivity contribution in [1.82, 2.24) is 19.5 Å². The lowest BCUT2D eigenvalue weighted by molar-refractivity contribution is -0.136. The van der Waals surface area contributed by atoms with Crippen molar-refractivity contribution in [3.63, 3.8) is 0 Å². The third kappa shape index (κ3) is 3.77. The number of aliphatic carboxylic acids is 1. The van der Waals surface area contributed by atoms with Crippen LogP contribution in [0.2, 0.25) is 0 Å². The fraction of sp³-hybridized carbons (Fsp3) is 0.250. The number of hydrogen-bond acceptors (Lipinski definition) is 6. The van der Waals surface area contributed by atoms with Gasteiger partial charge >= 0.3 is 5.97 Å². The summed E-state index contributed by atoms with van der Waals surface area (Å²) in [5.41, 5.74) is 8.05. The van der Waals surface area contributed by atoms with Gasteiger partial charge in [-0.25, -0.2) is 15.0 Å². The first kappa shape index (κ1) is 17.7. The highest BCUT2D eigenvalue weighted by atomic mass is 79.9. The van der Waals surface area contributed by atoms with E-state index in [0.717, 1.165) is 10.0 Å². The van der Waals surface area contributed by atoms with Crippen LogP contribution in [0.4, 0.5) is 5.82 Å². The zero-order chi connectivity index (χ0) is 18.0. The molecule has 25 heavy (non-hydrogen) atoms. The predicted octanol–water partition coefficient (Wildman–Crippen LogP) is 3.17. The molecule has 0 radical (unpaired) electrons. The molecule has 1 aromatic carbocycles. The van der Waals surface area contributed by atoms with Crippen molar-refractivity contribution in [3.05, 3.63) is 40.6 Å². The molecule has 0 aliphatic rings. The minimum absolute atomic E-state index is 0.282. The van der Waals surface area contributed by atoms with Crippen LogP contribution < -0.4 is 5.73 Å². The Morgan fingerprint density at radius 2 is 2.08 bits per heavy atom. The van der Waals surface area contributed by atoms with Crippen molar-refractivity contribution in [2.45, 2.75) is 30.3 Å². The number of benzene rings is 1. The van der Waals surface area contributed by atoms with Crippen LogP contribution in [-0.2, 0) is 11.3 Å². The topological polar surface area (TPSA) is 107 Å². The predicted molar refractivity (Wildman–Crippen MR) is 101 cm³/mol. The van der Waals surface area contributed by atoms with Gasteiger partial charge in [-0.1, -0.05) is 46.7 Å². The van der Waals surface area contributed by atoms with Crippen molar-refractivity contribution >= 4 is 50.6 Å². The Hall–Kier alpha value is -2.13. The number of fused-ring (bicyclic) bond motifs is 1. The maximum atomic E-state index is 11.4. The molecule has 0 aliphatic carbocycles. The van der Waals surface area contributed by atoms with Crippen LogP contribution in [0.25, 0.3) is 11.2 Å². The van der Waals surface area contributed by atoms with Crippen LogP contribution in [0.5, 0.6) is 0 Å². The summed E-state index contributed by atoms with van der Waals surface area (Å²) in [6, 6.07) is 7.89. The maximum absolute atomic E-state index is 11.4. The second-order valence-corrected chi connectivity index (χ2v) is 7.48. The minimum atomic E-state index is -0.867. The normalized spacial score (nSPS) is 12.4. The molecule has 3 rings (SSSR count). The van der Waals surface area contributed by atoms with Gasteiger partial charge in [0.15, 0.2) is 22.1 Å². The molecule has 9 heteroatoms. The largest absolute Gasteiger partial charge is 0.480 e. The molecule has 1 atom stereocenters. The molecule has 2 aromatic heterocycles. The van der Waals surface area contributed by atoms with Crippen LogP contribution in [0.1, 0.15) is 18.9 Å². The van der Waals surface area contributed by atoms with E-state index < -0.39 is 11.2 Å². The highest BCUT2D eigenvalue weighted by molar-refractivity contribution is 9.10. The van der Waals surface area contributed by atoms with Crippen molar-refractivity contribution in [2.24, 2.45) is 0 Å². The second kappa shape index (κ2) is 7.40. The monoisotopic (exact) mass is 421 g/mol. The van der Waals surface area contributed by atoms with E-state index in [1.165, 1.54) is 18.1 Å². The van der Waals surface area contributed by atoms with Crippen LogP contribution in [0.15, 0.2) is 40.2 Å². The summed E-state index contributed by atoms with van der Waals surface area (Å²) in [6.45, 7) is 2.35. The summed E-state index contributed by atoms with van der Waals surface area (Å²) in [6.07, 6.45) is 1.88. The van der Waals surface area contributed by atoms with Gasteiger partial charge in [0.2, 0.25) is 0 Å². The molecule has 3 N–H and O–H groups in total. The number of hydrogen-bond donors (Lipinski definition) is 2. The fourth-order valence-corrected chi connectivity index (χ4v) is 3.58. The Morgan fingerprint density at radius 1 is 1.36 bits per heavy atom. The molecule has 7 nitrogen and oxygen atoms in total. The Bertz CT molecular complexity index is 913. The quantitative estimate of drug-likeness (QED) is 0.588. The number of thioether (sulfide) groups is 1. The molecular formula is C16H16BrN5O2S. The van der Waals surface area contributed by atoms with E-state index in [2.05, 4.69) is 30.9 Å². The van der Waals surface area contributed by atoms with Crippen LogP contribution in [0.3, 0.4) is 0 Å². The van der Waals surface area contributed by atoms with Gasteiger partial charge in [-0.05, 0) is 24.1 Å². The van der Waals surface area contributed by atoms with Gasteiger partial charge in [0.25, 0.3) is 0 Å². The number of carboxylic acids is 1. The van der Waals surface area contributed by atoms with Crippen LogP contribution >= 0.6 is 27.7 Å². The van der Waals surface area contributed by atoms with E-state index in [1.54, 1.807) is 0 Å². The zero-order valence-electron chi connectivity index (χ0n) is 13.4. The second-order valence-electron chi connectivity index (χ2n) is 5.39. The molecule has 0 aliphatic heterocycles. The van der Waals surface area contributed by atoms with Gasteiger partial charge in [-0.2, -0.15) is 0 Å². The van der Waals surface area contributed by atoms with E-state index in [-0.39, 0.29) is 5.82 Å². The number of nitrogen functional groups attached to an aromatic ring is 1. The van der Waals surface area contributed by atoms with Gasteiger partial charge in [0.05, 0.1) is 6.54 Å². The molecular weight excluding hydrogens is 406 g/mol. The lowest BCUT2D eigenvalue weighted by Gasteiger charge is -2.12. The summed E-state index contributed by atoms with van der Waals surface area (Å²) in [5.74, 6) is -0.585.